The summed E-state index contributed by atoms with van der Waals surface area (Å²) in [5.74, 6) is 1.38. The van der Waals surface area contributed by atoms with Crippen molar-refractivity contribution in [1.29, 1.82) is 5.26 Å². The van der Waals surface area contributed by atoms with Crippen molar-refractivity contribution in [2.24, 2.45) is 0 Å². The van der Waals surface area contributed by atoms with Crippen molar-refractivity contribution in [3.05, 3.63) is 35.5 Å². The summed E-state index contributed by atoms with van der Waals surface area (Å²) in [4.78, 5) is 16.9. The number of nitrogens with one attached hydrogen (secondary N) is 1. The van der Waals surface area contributed by atoms with Crippen LogP contribution in [0.5, 0.6) is 11.5 Å². The van der Waals surface area contributed by atoms with Crippen molar-refractivity contribution in [3.8, 4) is 17.6 Å². The van der Waals surface area contributed by atoms with Gasteiger partial charge in [0.2, 0.25) is 6.79 Å². The summed E-state index contributed by atoms with van der Waals surface area (Å²) in [6, 6.07) is 8.37. The molecule has 1 aromatic carbocycles. The van der Waals surface area contributed by atoms with Crippen molar-refractivity contribution in [1.82, 2.24) is 15.1 Å². The van der Waals surface area contributed by atoms with Crippen LogP contribution in [0.25, 0.3) is 0 Å². The molecule has 2 aliphatic heterocycles. The van der Waals surface area contributed by atoms with Gasteiger partial charge < -0.3 is 19.7 Å². The fraction of sp³-hybridized carbons (Fsp3) is 0.545. The number of amides is 1. The number of fused-ring (bicyclic) bond motifs is 1. The van der Waals surface area contributed by atoms with E-state index in [9.17, 15) is 10.1 Å². The van der Waals surface area contributed by atoms with Crippen LogP contribution in [0.15, 0.2) is 30.0 Å². The topological polar surface area (TPSA) is 77.8 Å². The summed E-state index contributed by atoms with van der Waals surface area (Å²) in [5, 5.41) is 12.5. The predicted molar refractivity (Wildman–Crippen MR) is 108 cm³/mol. The lowest BCUT2D eigenvalue weighted by Gasteiger charge is -2.34. The molecule has 7 nitrogen and oxygen atoms in total. The van der Waals surface area contributed by atoms with Crippen LogP contribution >= 0.6 is 0 Å². The van der Waals surface area contributed by atoms with E-state index in [1.54, 1.807) is 6.20 Å². The molecule has 1 amide bonds. The van der Waals surface area contributed by atoms with Gasteiger partial charge in [-0.05, 0) is 30.5 Å². The van der Waals surface area contributed by atoms with E-state index in [4.69, 9.17) is 9.47 Å². The Labute approximate surface area is 171 Å². The Morgan fingerprint density at radius 1 is 1.14 bits per heavy atom. The summed E-state index contributed by atoms with van der Waals surface area (Å²) in [6.45, 7) is 4.50. The summed E-state index contributed by atoms with van der Waals surface area (Å²) in [5.41, 5.74) is 1.41. The first-order valence-electron chi connectivity index (χ1n) is 10.5. The number of nitriles is 1. The average Bonchev–Trinajstić information content (AvgIpc) is 3.22. The smallest absolute Gasteiger partial charge is 0.263 e. The quantitative estimate of drug-likeness (QED) is 0.608. The van der Waals surface area contributed by atoms with Gasteiger partial charge in [0, 0.05) is 45.0 Å². The Bertz CT molecular complexity index is 803. The number of benzene rings is 1. The van der Waals surface area contributed by atoms with Gasteiger partial charge in [-0.2, -0.15) is 5.26 Å². The molecule has 2 heterocycles. The van der Waals surface area contributed by atoms with Gasteiger partial charge in [-0.25, -0.2) is 0 Å². The highest BCUT2D eigenvalue weighted by atomic mass is 16.7. The summed E-state index contributed by atoms with van der Waals surface area (Å²) >= 11 is 0. The second kappa shape index (κ2) is 9.19. The molecule has 1 saturated heterocycles. The normalized spacial score (nSPS) is 20.4. The van der Waals surface area contributed by atoms with E-state index in [1.807, 2.05) is 12.1 Å². The maximum Gasteiger partial charge on any atom is 0.263 e. The summed E-state index contributed by atoms with van der Waals surface area (Å²) in [7, 11) is 0. The van der Waals surface area contributed by atoms with Crippen LogP contribution in [-0.4, -0.2) is 54.7 Å². The van der Waals surface area contributed by atoms with Gasteiger partial charge in [0.1, 0.15) is 11.6 Å². The standard InChI is InChI=1S/C22H28N4O3/c23-13-18(22(27)24-19-4-2-1-3-5-19)15-26-10-8-25(9-11-26)14-17-6-7-20-21(12-17)29-16-28-20/h6-7,12,15,19H,1-5,8-11,14,16H2,(H,24,27)/b18-15-. The van der Waals surface area contributed by atoms with E-state index in [-0.39, 0.29) is 17.5 Å². The molecule has 29 heavy (non-hydrogen) atoms. The molecule has 0 spiro atoms. The van der Waals surface area contributed by atoms with Gasteiger partial charge in [0.25, 0.3) is 5.91 Å². The van der Waals surface area contributed by atoms with Gasteiger partial charge in [-0.3, -0.25) is 9.69 Å². The Hall–Kier alpha value is -2.72. The van der Waals surface area contributed by atoms with Gasteiger partial charge in [0.15, 0.2) is 11.5 Å². The summed E-state index contributed by atoms with van der Waals surface area (Å²) in [6.07, 6.45) is 7.32. The number of carbonyl (C=O) groups excluding carboxylic acids is 1. The monoisotopic (exact) mass is 396 g/mol. The van der Waals surface area contributed by atoms with Crippen molar-refractivity contribution in [2.75, 3.05) is 33.0 Å². The molecule has 0 bridgehead atoms. The Morgan fingerprint density at radius 3 is 2.66 bits per heavy atom. The average molecular weight is 396 g/mol. The molecule has 154 valence electrons. The number of ether oxygens (including phenoxy) is 2. The lowest BCUT2D eigenvalue weighted by atomic mass is 9.95. The first kappa shape index (κ1) is 19.6. The van der Waals surface area contributed by atoms with Crippen molar-refractivity contribution < 1.29 is 14.3 Å². The zero-order valence-corrected chi connectivity index (χ0v) is 16.7. The molecule has 2 fully saturated rings. The molecule has 0 unspecified atom stereocenters. The molecule has 4 rings (SSSR count). The largest absolute Gasteiger partial charge is 0.454 e. The van der Waals surface area contributed by atoms with Crippen molar-refractivity contribution in [2.45, 2.75) is 44.7 Å². The zero-order chi connectivity index (χ0) is 20.1. The fourth-order valence-electron chi connectivity index (χ4n) is 4.18. The van der Waals surface area contributed by atoms with Crippen molar-refractivity contribution in [3.63, 3.8) is 0 Å². The molecule has 7 heteroatoms. The number of rotatable bonds is 5. The molecule has 0 aromatic heterocycles. The molecule has 1 saturated carbocycles. The van der Waals surface area contributed by atoms with E-state index in [1.165, 1.54) is 12.0 Å². The number of carbonyl (C=O) groups is 1. The van der Waals surface area contributed by atoms with Gasteiger partial charge in [-0.1, -0.05) is 25.3 Å². The van der Waals surface area contributed by atoms with Crippen LogP contribution in [0.1, 0.15) is 37.7 Å². The van der Waals surface area contributed by atoms with Crippen LogP contribution in [0.4, 0.5) is 0 Å². The zero-order valence-electron chi connectivity index (χ0n) is 16.7. The van der Waals surface area contributed by atoms with Crippen LogP contribution in [-0.2, 0) is 11.3 Å². The molecular weight excluding hydrogens is 368 g/mol. The van der Waals surface area contributed by atoms with Gasteiger partial charge in [0.05, 0.1) is 0 Å². The lowest BCUT2D eigenvalue weighted by Crippen LogP contribution is -2.44. The first-order valence-corrected chi connectivity index (χ1v) is 10.5. The molecule has 0 radical (unpaired) electrons. The third-order valence-electron chi connectivity index (χ3n) is 5.87. The molecule has 0 atom stereocenters. The molecule has 3 aliphatic rings. The first-order chi connectivity index (χ1) is 14.2. The minimum atomic E-state index is -0.234. The summed E-state index contributed by atoms with van der Waals surface area (Å²) < 4.78 is 10.8. The third kappa shape index (κ3) is 5.01. The van der Waals surface area contributed by atoms with E-state index in [0.29, 0.717) is 6.79 Å². The van der Waals surface area contributed by atoms with Gasteiger partial charge >= 0.3 is 0 Å². The SMILES string of the molecule is N#C/C(=C/N1CCN(Cc2ccc3c(c2)OCO3)CC1)C(=O)NC1CCCCC1. The maximum atomic E-state index is 12.5. The van der Waals surface area contributed by atoms with Crippen LogP contribution in [0.2, 0.25) is 0 Å². The molecular formula is C22H28N4O3. The minimum Gasteiger partial charge on any atom is -0.454 e. The molecule has 1 aromatic rings. The Balaban J connectivity index is 1.27. The van der Waals surface area contributed by atoms with Crippen LogP contribution in [0.3, 0.4) is 0 Å². The lowest BCUT2D eigenvalue weighted by molar-refractivity contribution is -0.118. The number of piperazine rings is 1. The van der Waals surface area contributed by atoms with E-state index >= 15 is 0 Å². The fourth-order valence-corrected chi connectivity index (χ4v) is 4.18. The Morgan fingerprint density at radius 2 is 1.90 bits per heavy atom. The van der Waals surface area contributed by atoms with Gasteiger partial charge in [-0.15, -0.1) is 0 Å². The molecule has 1 aliphatic carbocycles. The van der Waals surface area contributed by atoms with E-state index in [2.05, 4.69) is 27.3 Å². The number of hydrogen-bond acceptors (Lipinski definition) is 6. The second-order valence-electron chi connectivity index (χ2n) is 7.96. The second-order valence-corrected chi connectivity index (χ2v) is 7.96. The highest BCUT2D eigenvalue weighted by Crippen LogP contribution is 2.32. The van der Waals surface area contributed by atoms with E-state index < -0.39 is 0 Å². The predicted octanol–water partition coefficient (Wildman–Crippen LogP) is 2.39. The van der Waals surface area contributed by atoms with Crippen LogP contribution < -0.4 is 14.8 Å². The highest BCUT2D eigenvalue weighted by molar-refractivity contribution is 5.97. The van der Waals surface area contributed by atoms with E-state index in [0.717, 1.165) is 69.9 Å². The third-order valence-corrected chi connectivity index (χ3v) is 5.87. The number of nitrogens with zero attached hydrogens (tertiary/aromatic N) is 3. The molecule has 1 N–H and O–H groups in total. The number of hydrogen-bond donors (Lipinski definition) is 1. The van der Waals surface area contributed by atoms with Crippen LogP contribution in [0, 0.1) is 11.3 Å². The van der Waals surface area contributed by atoms with Crippen molar-refractivity contribution >= 4 is 5.91 Å². The highest BCUT2D eigenvalue weighted by Gasteiger charge is 2.21. The maximum absolute atomic E-state index is 12.5. The Kier molecular flexibility index (Phi) is 6.20. The minimum absolute atomic E-state index is 0.208.